The summed E-state index contributed by atoms with van der Waals surface area (Å²) in [5.41, 5.74) is 0. The largest absolute Gasteiger partial charge is 0.597 e. The van der Waals surface area contributed by atoms with Gasteiger partial charge in [-0.15, -0.1) is 0 Å². The van der Waals surface area contributed by atoms with Gasteiger partial charge in [0.2, 0.25) is 5.76 Å². The monoisotopic (exact) mass is 141 g/mol. The Morgan fingerprint density at radius 3 is 2.70 bits per heavy atom. The lowest BCUT2D eigenvalue weighted by molar-refractivity contribution is 0.294. The number of hydrogen-bond donors (Lipinski definition) is 0. The highest BCUT2D eigenvalue weighted by Crippen LogP contribution is 2.27. The van der Waals surface area contributed by atoms with E-state index in [1.165, 1.54) is 6.42 Å². The lowest BCUT2D eigenvalue weighted by Crippen LogP contribution is -2.11. The van der Waals surface area contributed by atoms with Gasteiger partial charge in [-0.05, 0) is 24.7 Å². The molecule has 2 N–H and O–H groups in total. The van der Waals surface area contributed by atoms with Gasteiger partial charge >= 0.3 is 0 Å². The minimum absolute atomic E-state index is 0.796. The van der Waals surface area contributed by atoms with E-state index in [0.29, 0.717) is 0 Å². The Bertz CT molecular complexity index is 136. The summed E-state index contributed by atoms with van der Waals surface area (Å²) >= 11 is 0. The molecule has 1 aliphatic rings. The molecule has 0 aromatic rings. The van der Waals surface area contributed by atoms with Gasteiger partial charge in [0.15, 0.2) is 0 Å². The molecular formula is C9H17O+. The Morgan fingerprint density at radius 1 is 1.60 bits per heavy atom. The van der Waals surface area contributed by atoms with Crippen molar-refractivity contribution in [3.8, 4) is 0 Å². The van der Waals surface area contributed by atoms with Crippen molar-refractivity contribution in [3.63, 3.8) is 0 Å². The van der Waals surface area contributed by atoms with Gasteiger partial charge in [0.1, 0.15) is 0 Å². The van der Waals surface area contributed by atoms with Crippen LogP contribution in [0.1, 0.15) is 33.1 Å². The first-order valence-electron chi connectivity index (χ1n) is 4.11. The van der Waals surface area contributed by atoms with E-state index in [1.807, 2.05) is 0 Å². The second kappa shape index (κ2) is 3.09. The maximum Gasteiger partial charge on any atom is 0.224 e. The van der Waals surface area contributed by atoms with Crippen molar-refractivity contribution < 1.29 is 5.11 Å². The van der Waals surface area contributed by atoms with E-state index in [-0.39, 0.29) is 0 Å². The summed E-state index contributed by atoms with van der Waals surface area (Å²) in [7, 11) is 0. The van der Waals surface area contributed by atoms with Crippen LogP contribution in [0.5, 0.6) is 0 Å². The lowest BCUT2D eigenvalue weighted by atomic mass is 9.85. The smallest absolute Gasteiger partial charge is 0.224 e. The van der Waals surface area contributed by atoms with Crippen molar-refractivity contribution in [1.29, 1.82) is 0 Å². The average Bonchev–Trinajstić information content (AvgIpc) is 1.88. The topological polar surface area (TPSA) is 22.9 Å². The van der Waals surface area contributed by atoms with Crippen molar-refractivity contribution in [2.75, 3.05) is 0 Å². The fourth-order valence-electron chi connectivity index (χ4n) is 1.46. The summed E-state index contributed by atoms with van der Waals surface area (Å²) in [4.78, 5) is 0. The molecule has 0 spiro atoms. The van der Waals surface area contributed by atoms with E-state index in [0.717, 1.165) is 30.4 Å². The van der Waals surface area contributed by atoms with Crippen LogP contribution in [0.3, 0.4) is 0 Å². The second-order valence-electron chi connectivity index (χ2n) is 3.51. The first-order chi connectivity index (χ1) is 4.70. The third-order valence-corrected chi connectivity index (χ3v) is 2.39. The Hall–Kier alpha value is -0.460. The fraction of sp³-hybridized carbons (Fsp3) is 0.778. The molecule has 1 rings (SSSR count). The molecule has 0 amide bonds. The van der Waals surface area contributed by atoms with Gasteiger partial charge in [-0.25, -0.2) is 0 Å². The molecule has 0 radical (unpaired) electrons. The van der Waals surface area contributed by atoms with Crippen molar-refractivity contribution in [2.24, 2.45) is 11.8 Å². The quantitative estimate of drug-likeness (QED) is 0.499. The van der Waals surface area contributed by atoms with Gasteiger partial charge in [-0.2, -0.15) is 0 Å². The SMILES string of the molecule is CC(C)C1CC=C([OH2+])CC1. The summed E-state index contributed by atoms with van der Waals surface area (Å²) in [6.45, 7) is 4.54. The van der Waals surface area contributed by atoms with Gasteiger partial charge in [-0.1, -0.05) is 13.8 Å². The van der Waals surface area contributed by atoms with E-state index in [9.17, 15) is 0 Å². The van der Waals surface area contributed by atoms with Crippen LogP contribution in [0.2, 0.25) is 0 Å². The zero-order valence-electron chi connectivity index (χ0n) is 6.85. The van der Waals surface area contributed by atoms with E-state index < -0.39 is 0 Å². The molecule has 1 heteroatoms. The van der Waals surface area contributed by atoms with Crippen molar-refractivity contribution >= 4 is 0 Å². The summed E-state index contributed by atoms with van der Waals surface area (Å²) < 4.78 is 0. The van der Waals surface area contributed by atoms with Crippen molar-refractivity contribution in [3.05, 3.63) is 11.8 Å². The normalized spacial score (nSPS) is 26.7. The predicted molar refractivity (Wildman–Crippen MR) is 43.9 cm³/mol. The minimum atomic E-state index is 0.796. The van der Waals surface area contributed by atoms with Crippen LogP contribution < -0.4 is 0 Å². The Morgan fingerprint density at radius 2 is 2.30 bits per heavy atom. The highest BCUT2D eigenvalue weighted by atomic mass is 16.3. The van der Waals surface area contributed by atoms with E-state index in [2.05, 4.69) is 19.9 Å². The highest BCUT2D eigenvalue weighted by molar-refractivity contribution is 4.97. The minimum Gasteiger partial charge on any atom is -0.597 e. The van der Waals surface area contributed by atoms with Gasteiger partial charge < -0.3 is 5.11 Å². The molecule has 10 heavy (non-hydrogen) atoms. The molecule has 1 unspecified atom stereocenters. The van der Waals surface area contributed by atoms with Crippen LogP contribution in [0.25, 0.3) is 0 Å². The van der Waals surface area contributed by atoms with Crippen LogP contribution in [0.15, 0.2) is 11.8 Å². The van der Waals surface area contributed by atoms with E-state index in [1.54, 1.807) is 0 Å². The molecule has 1 atom stereocenters. The third kappa shape index (κ3) is 1.76. The summed E-state index contributed by atoms with van der Waals surface area (Å²) in [5, 5.41) is 7.36. The molecule has 0 heterocycles. The van der Waals surface area contributed by atoms with Gasteiger partial charge in [0.25, 0.3) is 0 Å². The van der Waals surface area contributed by atoms with E-state index in [4.69, 9.17) is 5.11 Å². The highest BCUT2D eigenvalue weighted by Gasteiger charge is 2.18. The molecule has 0 saturated heterocycles. The zero-order chi connectivity index (χ0) is 7.56. The number of rotatable bonds is 1. The standard InChI is InChI=1S/C9H16O/c1-7(2)8-3-5-9(10)6-4-8/h5,7-8,10H,3-4,6H2,1-2H3/p+1. The summed E-state index contributed by atoms with van der Waals surface area (Å²) in [6, 6.07) is 0. The first-order valence-corrected chi connectivity index (χ1v) is 4.11. The van der Waals surface area contributed by atoms with Crippen LogP contribution in [0.4, 0.5) is 0 Å². The maximum atomic E-state index is 7.36. The van der Waals surface area contributed by atoms with Gasteiger partial charge in [0.05, 0.1) is 6.42 Å². The number of hydrogen-bond acceptors (Lipinski definition) is 0. The van der Waals surface area contributed by atoms with Gasteiger partial charge in [0, 0.05) is 6.08 Å². The van der Waals surface area contributed by atoms with Crippen LogP contribution in [0, 0.1) is 11.8 Å². The average molecular weight is 141 g/mol. The van der Waals surface area contributed by atoms with Gasteiger partial charge in [-0.3, -0.25) is 0 Å². The molecule has 58 valence electrons. The fourth-order valence-corrected chi connectivity index (χ4v) is 1.46. The van der Waals surface area contributed by atoms with Crippen LogP contribution in [-0.2, 0) is 0 Å². The molecule has 1 aliphatic carbocycles. The second-order valence-corrected chi connectivity index (χ2v) is 3.51. The molecule has 0 saturated carbocycles. The predicted octanol–water partition coefficient (Wildman–Crippen LogP) is 2.05. The molecule has 0 aromatic heterocycles. The maximum absolute atomic E-state index is 7.36. The van der Waals surface area contributed by atoms with E-state index >= 15 is 0 Å². The molecule has 1 nitrogen and oxygen atoms in total. The van der Waals surface area contributed by atoms with Crippen LogP contribution >= 0.6 is 0 Å². The molecule has 0 aromatic carbocycles. The Labute approximate surface area is 62.8 Å². The summed E-state index contributed by atoms with van der Waals surface area (Å²) in [6.07, 6.45) is 5.44. The molecule has 0 fully saturated rings. The first kappa shape index (κ1) is 7.64. The molecule has 0 bridgehead atoms. The van der Waals surface area contributed by atoms with Crippen molar-refractivity contribution in [1.82, 2.24) is 0 Å². The molecule has 0 aliphatic heterocycles. The van der Waals surface area contributed by atoms with Crippen LogP contribution in [-0.4, -0.2) is 5.11 Å². The Kier molecular flexibility index (Phi) is 2.36. The third-order valence-electron chi connectivity index (χ3n) is 2.39. The Balaban J connectivity index is 2.42. The van der Waals surface area contributed by atoms with Crippen molar-refractivity contribution in [2.45, 2.75) is 33.1 Å². The number of allylic oxidation sites excluding steroid dienone is 2. The molecular weight excluding hydrogens is 124 g/mol. The lowest BCUT2D eigenvalue weighted by Gasteiger charge is -2.20. The summed E-state index contributed by atoms with van der Waals surface area (Å²) in [5.74, 6) is 2.48. The zero-order valence-corrected chi connectivity index (χ0v) is 6.85.